The summed E-state index contributed by atoms with van der Waals surface area (Å²) in [6.07, 6.45) is 4.97. The lowest BCUT2D eigenvalue weighted by molar-refractivity contribution is -0.385. The van der Waals surface area contributed by atoms with Crippen molar-refractivity contribution in [3.05, 3.63) is 52.1 Å². The third-order valence-electron chi connectivity index (χ3n) is 2.88. The number of hydrogen-bond acceptors (Lipinski definition) is 4. The zero-order chi connectivity index (χ0) is 14.7. The summed E-state index contributed by atoms with van der Waals surface area (Å²) in [7, 11) is 0. The smallest absolute Gasteiger partial charge is 0.342 e. The minimum absolute atomic E-state index is 0.330. The van der Waals surface area contributed by atoms with Gasteiger partial charge in [0.15, 0.2) is 0 Å². The molecule has 7 heteroatoms. The molecule has 0 saturated heterocycles. The monoisotopic (exact) mass is 275 g/mol. The Balaban J connectivity index is 2.53. The summed E-state index contributed by atoms with van der Waals surface area (Å²) < 4.78 is 1.74. The lowest BCUT2D eigenvalue weighted by Gasteiger charge is -2.08. The van der Waals surface area contributed by atoms with E-state index >= 15 is 0 Å². The average molecular weight is 275 g/mol. The number of rotatable bonds is 5. The molecule has 0 aliphatic rings. The normalized spacial score (nSPS) is 10.4. The predicted octanol–water partition coefficient (Wildman–Crippen LogP) is 2.43. The van der Waals surface area contributed by atoms with Gasteiger partial charge in [0.05, 0.1) is 4.92 Å². The highest BCUT2D eigenvalue weighted by Gasteiger charge is 2.20. The Hall–Kier alpha value is -2.70. The van der Waals surface area contributed by atoms with Crippen molar-refractivity contribution in [2.24, 2.45) is 0 Å². The Kier molecular flexibility index (Phi) is 3.79. The number of aryl methyl sites for hydroxylation is 1. The minimum atomic E-state index is -1.32. The first-order chi connectivity index (χ1) is 9.54. The first-order valence-corrected chi connectivity index (χ1v) is 6.09. The predicted molar refractivity (Wildman–Crippen MR) is 71.2 cm³/mol. The summed E-state index contributed by atoms with van der Waals surface area (Å²) in [5.41, 5.74) is -0.198. The number of nitro benzene ring substituents is 1. The summed E-state index contributed by atoms with van der Waals surface area (Å²) in [4.78, 5) is 25.4. The molecular weight excluding hydrogens is 262 g/mol. The minimum Gasteiger partial charge on any atom is -0.477 e. The van der Waals surface area contributed by atoms with Gasteiger partial charge in [-0.2, -0.15) is 0 Å². The van der Waals surface area contributed by atoms with Crippen LogP contribution in [0.4, 0.5) is 5.69 Å². The SMILES string of the molecule is CCCc1nccn1-c1ccc([N+](=O)[O-])c(C(=O)O)c1. The van der Waals surface area contributed by atoms with Crippen LogP contribution in [0.3, 0.4) is 0 Å². The van der Waals surface area contributed by atoms with Crippen LogP contribution in [0, 0.1) is 10.1 Å². The second kappa shape index (κ2) is 5.52. The Morgan fingerprint density at radius 2 is 2.25 bits per heavy atom. The van der Waals surface area contributed by atoms with Crippen molar-refractivity contribution in [1.82, 2.24) is 9.55 Å². The number of imidazole rings is 1. The van der Waals surface area contributed by atoms with E-state index in [1.165, 1.54) is 18.2 Å². The van der Waals surface area contributed by atoms with Crippen LogP contribution in [0.1, 0.15) is 29.5 Å². The fraction of sp³-hybridized carbons (Fsp3) is 0.231. The number of benzene rings is 1. The van der Waals surface area contributed by atoms with Gasteiger partial charge in [-0.1, -0.05) is 6.92 Å². The topological polar surface area (TPSA) is 98.3 Å². The number of carboxylic acid groups (broad SMARTS) is 1. The molecule has 2 aromatic rings. The van der Waals surface area contributed by atoms with Crippen molar-refractivity contribution < 1.29 is 14.8 Å². The zero-order valence-electron chi connectivity index (χ0n) is 10.8. The van der Waals surface area contributed by atoms with Crippen LogP contribution in [0.5, 0.6) is 0 Å². The second-order valence-corrected chi connectivity index (χ2v) is 4.23. The third-order valence-corrected chi connectivity index (χ3v) is 2.88. The maximum atomic E-state index is 11.1. The van der Waals surface area contributed by atoms with E-state index in [0.717, 1.165) is 18.7 Å². The number of nitro groups is 1. The van der Waals surface area contributed by atoms with Crippen molar-refractivity contribution in [2.75, 3.05) is 0 Å². The Morgan fingerprint density at radius 3 is 2.85 bits per heavy atom. The molecule has 0 bridgehead atoms. The lowest BCUT2D eigenvalue weighted by atomic mass is 10.1. The molecule has 104 valence electrons. The molecule has 2 rings (SSSR count). The summed E-state index contributed by atoms with van der Waals surface area (Å²) in [5.74, 6) is -0.534. The van der Waals surface area contributed by atoms with Gasteiger partial charge in [-0.25, -0.2) is 9.78 Å². The Bertz CT molecular complexity index is 663. The first-order valence-electron chi connectivity index (χ1n) is 6.09. The van der Waals surface area contributed by atoms with E-state index in [9.17, 15) is 14.9 Å². The Labute approximate surface area is 114 Å². The molecule has 1 heterocycles. The van der Waals surface area contributed by atoms with E-state index in [4.69, 9.17) is 5.11 Å². The van der Waals surface area contributed by atoms with Gasteiger partial charge in [0.25, 0.3) is 5.69 Å². The molecule has 0 radical (unpaired) electrons. The van der Waals surface area contributed by atoms with Crippen molar-refractivity contribution in [3.8, 4) is 5.69 Å². The van der Waals surface area contributed by atoms with Gasteiger partial charge in [0.1, 0.15) is 11.4 Å². The highest BCUT2D eigenvalue weighted by atomic mass is 16.6. The van der Waals surface area contributed by atoms with E-state index in [-0.39, 0.29) is 5.56 Å². The standard InChI is InChI=1S/C13H13N3O4/c1-2-3-12-14-6-7-15(12)9-4-5-11(16(19)20)10(8-9)13(17)18/h4-8H,2-3H2,1H3,(H,17,18). The number of carboxylic acids is 1. The summed E-state index contributed by atoms with van der Waals surface area (Å²) in [6, 6.07) is 4.02. The van der Waals surface area contributed by atoms with Crippen molar-refractivity contribution >= 4 is 11.7 Å². The van der Waals surface area contributed by atoms with Crippen LogP contribution < -0.4 is 0 Å². The third kappa shape index (κ3) is 2.51. The van der Waals surface area contributed by atoms with Crippen molar-refractivity contribution in [1.29, 1.82) is 0 Å². The molecule has 20 heavy (non-hydrogen) atoms. The second-order valence-electron chi connectivity index (χ2n) is 4.23. The molecule has 7 nitrogen and oxygen atoms in total. The number of nitrogens with zero attached hydrogens (tertiary/aromatic N) is 3. The molecule has 0 aliphatic carbocycles. The number of carbonyl (C=O) groups is 1. The molecule has 0 fully saturated rings. The van der Waals surface area contributed by atoms with Crippen molar-refractivity contribution in [3.63, 3.8) is 0 Å². The molecule has 0 aliphatic heterocycles. The van der Waals surface area contributed by atoms with Crippen molar-refractivity contribution in [2.45, 2.75) is 19.8 Å². The zero-order valence-corrected chi connectivity index (χ0v) is 10.8. The number of hydrogen-bond donors (Lipinski definition) is 1. The van der Waals surface area contributed by atoms with Gasteiger partial charge in [-0.3, -0.25) is 10.1 Å². The number of aromatic nitrogens is 2. The summed E-state index contributed by atoms with van der Waals surface area (Å²) in [5, 5.41) is 19.9. The largest absolute Gasteiger partial charge is 0.477 e. The van der Waals surface area contributed by atoms with Gasteiger partial charge in [0, 0.05) is 30.6 Å². The fourth-order valence-electron chi connectivity index (χ4n) is 1.98. The van der Waals surface area contributed by atoms with Gasteiger partial charge >= 0.3 is 5.97 Å². The summed E-state index contributed by atoms with van der Waals surface area (Å²) in [6.45, 7) is 2.01. The fourth-order valence-corrected chi connectivity index (χ4v) is 1.98. The molecule has 1 aromatic carbocycles. The lowest BCUT2D eigenvalue weighted by Crippen LogP contribution is -2.06. The quantitative estimate of drug-likeness (QED) is 0.667. The van der Waals surface area contributed by atoms with E-state index in [1.807, 2.05) is 6.92 Å². The molecular formula is C13H13N3O4. The molecule has 0 saturated carbocycles. The molecule has 0 atom stereocenters. The van der Waals surface area contributed by atoms with Gasteiger partial charge in [-0.05, 0) is 18.6 Å². The van der Waals surface area contributed by atoms with Crippen LogP contribution in [-0.2, 0) is 6.42 Å². The van der Waals surface area contributed by atoms with Crippen LogP contribution >= 0.6 is 0 Å². The van der Waals surface area contributed by atoms with E-state index in [2.05, 4.69) is 4.98 Å². The van der Waals surface area contributed by atoms with E-state index in [1.54, 1.807) is 17.0 Å². The van der Waals surface area contributed by atoms with Crippen LogP contribution in [0.25, 0.3) is 5.69 Å². The van der Waals surface area contributed by atoms with Gasteiger partial charge in [0.2, 0.25) is 0 Å². The molecule has 0 spiro atoms. The van der Waals surface area contributed by atoms with E-state index < -0.39 is 16.6 Å². The van der Waals surface area contributed by atoms with Crippen LogP contribution in [0.2, 0.25) is 0 Å². The highest BCUT2D eigenvalue weighted by Crippen LogP contribution is 2.23. The molecule has 1 aromatic heterocycles. The summed E-state index contributed by atoms with van der Waals surface area (Å²) >= 11 is 0. The van der Waals surface area contributed by atoms with Gasteiger partial charge in [-0.15, -0.1) is 0 Å². The maximum Gasteiger partial charge on any atom is 0.342 e. The molecule has 1 N–H and O–H groups in total. The average Bonchev–Trinajstić information content (AvgIpc) is 2.86. The molecule has 0 unspecified atom stereocenters. The van der Waals surface area contributed by atoms with E-state index in [0.29, 0.717) is 5.69 Å². The maximum absolute atomic E-state index is 11.1. The van der Waals surface area contributed by atoms with Crippen LogP contribution in [-0.4, -0.2) is 25.6 Å². The molecule has 0 amide bonds. The van der Waals surface area contributed by atoms with Crippen LogP contribution in [0.15, 0.2) is 30.6 Å². The number of aromatic carboxylic acids is 1. The first kappa shape index (κ1) is 13.7. The highest BCUT2D eigenvalue weighted by molar-refractivity contribution is 5.93. The Morgan fingerprint density at radius 1 is 1.50 bits per heavy atom. The van der Waals surface area contributed by atoms with Gasteiger partial charge < -0.3 is 9.67 Å².